The maximum absolute atomic E-state index is 2.30. The Bertz CT molecular complexity index is 834. The largest absolute Gasteiger partial charge is 0.0933 e. The second-order valence-corrected chi connectivity index (χ2v) is 13.1. The molecule has 0 saturated carbocycles. The van der Waals surface area contributed by atoms with E-state index in [0.29, 0.717) is 0 Å². The Hall–Kier alpha value is -2.26. The van der Waals surface area contributed by atoms with Crippen LogP contribution in [0.15, 0.2) is 121 Å². The fourth-order valence-electron chi connectivity index (χ4n) is 3.96. The fraction of sp³-hybridized carbons (Fsp3) is 0.172. The summed E-state index contributed by atoms with van der Waals surface area (Å²) < 4.78 is 0. The van der Waals surface area contributed by atoms with Crippen molar-refractivity contribution in [3.63, 3.8) is 0 Å². The SMILES string of the molecule is c1ccc(CP(Cc2ccccc2)CP(Cc2ccccc2)Cc2ccccc2)cc1. The van der Waals surface area contributed by atoms with Crippen molar-refractivity contribution >= 4 is 15.8 Å². The molecule has 0 fully saturated rings. The van der Waals surface area contributed by atoms with E-state index in [1.807, 2.05) is 0 Å². The van der Waals surface area contributed by atoms with Crippen LogP contribution in [0.4, 0.5) is 0 Å². The van der Waals surface area contributed by atoms with Crippen molar-refractivity contribution < 1.29 is 0 Å². The summed E-state index contributed by atoms with van der Waals surface area (Å²) in [4.78, 5) is 0. The lowest BCUT2D eigenvalue weighted by atomic mass is 10.2. The highest BCUT2D eigenvalue weighted by Gasteiger charge is 2.18. The molecule has 0 atom stereocenters. The first-order chi connectivity index (χ1) is 15.3. The Labute approximate surface area is 189 Å². The molecular formula is C29H30P2. The number of rotatable bonds is 10. The summed E-state index contributed by atoms with van der Waals surface area (Å²) in [6.45, 7) is 0. The Morgan fingerprint density at radius 3 is 0.774 bits per heavy atom. The van der Waals surface area contributed by atoms with E-state index in [4.69, 9.17) is 0 Å². The molecule has 0 aliphatic carbocycles. The van der Waals surface area contributed by atoms with Crippen molar-refractivity contribution in [3.8, 4) is 0 Å². The molecule has 0 aliphatic rings. The third kappa shape index (κ3) is 7.43. The van der Waals surface area contributed by atoms with Gasteiger partial charge in [0.15, 0.2) is 0 Å². The second kappa shape index (κ2) is 12.0. The van der Waals surface area contributed by atoms with Crippen LogP contribution in [0.2, 0.25) is 0 Å². The monoisotopic (exact) mass is 440 g/mol. The van der Waals surface area contributed by atoms with Gasteiger partial charge in [-0.2, -0.15) is 0 Å². The van der Waals surface area contributed by atoms with E-state index in [1.165, 1.54) is 52.8 Å². The van der Waals surface area contributed by atoms with E-state index in [9.17, 15) is 0 Å². The van der Waals surface area contributed by atoms with Crippen LogP contribution in [0.3, 0.4) is 0 Å². The predicted octanol–water partition coefficient (Wildman–Crippen LogP) is 8.71. The Morgan fingerprint density at radius 2 is 0.548 bits per heavy atom. The summed E-state index contributed by atoms with van der Waals surface area (Å²) in [5.41, 5.74) is 5.94. The first kappa shape index (κ1) is 22.0. The zero-order valence-corrected chi connectivity index (χ0v) is 19.8. The van der Waals surface area contributed by atoms with Gasteiger partial charge in [0.05, 0.1) is 0 Å². The highest BCUT2D eigenvalue weighted by Crippen LogP contribution is 2.57. The van der Waals surface area contributed by atoms with E-state index in [-0.39, 0.29) is 15.8 Å². The summed E-state index contributed by atoms with van der Waals surface area (Å²) >= 11 is 0. The van der Waals surface area contributed by atoms with E-state index in [1.54, 1.807) is 0 Å². The maximum Gasteiger partial charge on any atom is -0.00669 e. The van der Waals surface area contributed by atoms with Crippen molar-refractivity contribution in [2.24, 2.45) is 0 Å². The topological polar surface area (TPSA) is 0 Å². The zero-order chi connectivity index (χ0) is 21.1. The molecule has 0 unspecified atom stereocenters. The van der Waals surface area contributed by atoms with Gasteiger partial charge in [-0.05, 0) is 52.8 Å². The van der Waals surface area contributed by atoms with Crippen molar-refractivity contribution in [2.45, 2.75) is 24.6 Å². The summed E-state index contributed by atoms with van der Waals surface area (Å²) in [6, 6.07) is 44.4. The molecule has 4 aromatic carbocycles. The average Bonchev–Trinajstić information content (AvgIpc) is 2.82. The average molecular weight is 441 g/mol. The van der Waals surface area contributed by atoms with Crippen LogP contribution in [-0.2, 0) is 24.6 Å². The summed E-state index contributed by atoms with van der Waals surface area (Å²) in [7, 11) is -0.232. The molecule has 0 bridgehead atoms. The minimum absolute atomic E-state index is 0.116. The smallest absolute Gasteiger partial charge is 0.00669 e. The third-order valence-corrected chi connectivity index (χ3v) is 11.8. The van der Waals surface area contributed by atoms with Crippen LogP contribution in [0.25, 0.3) is 0 Å². The van der Waals surface area contributed by atoms with Crippen LogP contribution in [0.5, 0.6) is 0 Å². The van der Waals surface area contributed by atoms with Crippen LogP contribution in [0.1, 0.15) is 22.3 Å². The van der Waals surface area contributed by atoms with Gasteiger partial charge in [0.25, 0.3) is 0 Å². The first-order valence-corrected chi connectivity index (χ1v) is 14.7. The Kier molecular flexibility index (Phi) is 8.46. The molecular weight excluding hydrogens is 410 g/mol. The van der Waals surface area contributed by atoms with Crippen molar-refractivity contribution in [3.05, 3.63) is 144 Å². The molecule has 0 nitrogen and oxygen atoms in total. The predicted molar refractivity (Wildman–Crippen MR) is 139 cm³/mol. The fourth-order valence-corrected chi connectivity index (χ4v) is 11.0. The number of hydrogen-bond acceptors (Lipinski definition) is 0. The molecule has 156 valence electrons. The van der Waals surface area contributed by atoms with Gasteiger partial charge in [-0.25, -0.2) is 0 Å². The van der Waals surface area contributed by atoms with Gasteiger partial charge in [-0.3, -0.25) is 0 Å². The van der Waals surface area contributed by atoms with Gasteiger partial charge >= 0.3 is 0 Å². The maximum atomic E-state index is 2.30. The molecule has 0 N–H and O–H groups in total. The number of hydrogen-bond donors (Lipinski definition) is 0. The van der Waals surface area contributed by atoms with Gasteiger partial charge in [-0.15, -0.1) is 0 Å². The van der Waals surface area contributed by atoms with Gasteiger partial charge in [0.1, 0.15) is 0 Å². The molecule has 0 heterocycles. The molecule has 2 heteroatoms. The molecule has 4 aromatic rings. The molecule has 0 radical (unpaired) electrons. The van der Waals surface area contributed by atoms with Gasteiger partial charge < -0.3 is 0 Å². The number of benzene rings is 4. The molecule has 0 aromatic heterocycles. The minimum atomic E-state index is -0.116. The lowest BCUT2D eigenvalue weighted by Gasteiger charge is -2.26. The lowest BCUT2D eigenvalue weighted by molar-refractivity contribution is 1.29. The molecule has 0 saturated heterocycles. The Balaban J connectivity index is 1.55. The highest BCUT2D eigenvalue weighted by molar-refractivity contribution is 7.73. The summed E-state index contributed by atoms with van der Waals surface area (Å²) in [5.74, 6) is 1.36. The van der Waals surface area contributed by atoms with Crippen LogP contribution in [0, 0.1) is 0 Å². The molecule has 0 amide bonds. The molecule has 4 rings (SSSR count). The Morgan fingerprint density at radius 1 is 0.323 bits per heavy atom. The van der Waals surface area contributed by atoms with Gasteiger partial charge in [-0.1, -0.05) is 137 Å². The van der Waals surface area contributed by atoms with E-state index in [0.717, 1.165) is 0 Å². The third-order valence-electron chi connectivity index (χ3n) is 5.40. The second-order valence-electron chi connectivity index (χ2n) is 8.06. The normalized spacial score (nSPS) is 11.2. The zero-order valence-electron chi connectivity index (χ0n) is 18.0. The van der Waals surface area contributed by atoms with E-state index < -0.39 is 0 Å². The van der Waals surface area contributed by atoms with Gasteiger partial charge in [0, 0.05) is 0 Å². The van der Waals surface area contributed by atoms with Crippen LogP contribution >= 0.6 is 15.8 Å². The van der Waals surface area contributed by atoms with E-state index in [2.05, 4.69) is 121 Å². The summed E-state index contributed by atoms with van der Waals surface area (Å²) in [5, 5.41) is 0. The van der Waals surface area contributed by atoms with Crippen LogP contribution < -0.4 is 0 Å². The van der Waals surface area contributed by atoms with Crippen molar-refractivity contribution in [1.29, 1.82) is 0 Å². The van der Waals surface area contributed by atoms with Gasteiger partial charge in [0.2, 0.25) is 0 Å². The van der Waals surface area contributed by atoms with Crippen molar-refractivity contribution in [1.82, 2.24) is 0 Å². The lowest BCUT2D eigenvalue weighted by Crippen LogP contribution is -1.97. The molecule has 0 spiro atoms. The van der Waals surface area contributed by atoms with Crippen molar-refractivity contribution in [2.75, 3.05) is 5.90 Å². The molecule has 31 heavy (non-hydrogen) atoms. The first-order valence-electron chi connectivity index (χ1n) is 11.0. The quantitative estimate of drug-likeness (QED) is 0.216. The summed E-state index contributed by atoms with van der Waals surface area (Å²) in [6.07, 6.45) is 4.86. The standard InChI is InChI=1S/C29H30P2/c1-5-13-26(14-6-1)21-30(22-27-15-7-2-8-16-27)25-31(23-28-17-9-3-10-18-28)24-29-19-11-4-12-20-29/h1-20H,21-25H2. The highest BCUT2D eigenvalue weighted by atomic mass is 31.2. The van der Waals surface area contributed by atoms with Crippen LogP contribution in [-0.4, -0.2) is 5.90 Å². The molecule has 0 aliphatic heterocycles. The van der Waals surface area contributed by atoms with E-state index >= 15 is 0 Å². The minimum Gasteiger partial charge on any atom is -0.0933 e.